The summed E-state index contributed by atoms with van der Waals surface area (Å²) in [5.74, 6) is 1.65. The van der Waals surface area contributed by atoms with Crippen LogP contribution >= 0.6 is 0 Å². The van der Waals surface area contributed by atoms with Gasteiger partial charge in [0.25, 0.3) is 0 Å². The summed E-state index contributed by atoms with van der Waals surface area (Å²) in [5, 5.41) is 3.73. The van der Waals surface area contributed by atoms with Gasteiger partial charge >= 0.3 is 0 Å². The topological polar surface area (TPSA) is 24.5 Å². The van der Waals surface area contributed by atoms with Crippen LogP contribution in [0.2, 0.25) is 0 Å². The number of methoxy groups -OCH3 is 1. The first-order valence-corrected chi connectivity index (χ1v) is 8.79. The van der Waals surface area contributed by atoms with Gasteiger partial charge < -0.3 is 15.0 Å². The second kappa shape index (κ2) is 9.12. The van der Waals surface area contributed by atoms with E-state index in [9.17, 15) is 0 Å². The van der Waals surface area contributed by atoms with E-state index in [0.717, 1.165) is 38.0 Å². The lowest BCUT2D eigenvalue weighted by Gasteiger charge is -2.43. The van der Waals surface area contributed by atoms with Crippen molar-refractivity contribution in [2.75, 3.05) is 40.4 Å². The molecule has 1 saturated carbocycles. The van der Waals surface area contributed by atoms with Crippen molar-refractivity contribution in [1.29, 1.82) is 0 Å². The lowest BCUT2D eigenvalue weighted by molar-refractivity contribution is 0.0910. The molecule has 0 amide bonds. The lowest BCUT2D eigenvalue weighted by atomic mass is 9.67. The molecule has 126 valence electrons. The Labute approximate surface area is 132 Å². The first-order chi connectivity index (χ1) is 9.88. The second-order valence-corrected chi connectivity index (χ2v) is 7.91. The van der Waals surface area contributed by atoms with Crippen molar-refractivity contribution in [3.05, 3.63) is 0 Å². The molecule has 3 heteroatoms. The van der Waals surface area contributed by atoms with Crippen LogP contribution in [0.15, 0.2) is 0 Å². The summed E-state index contributed by atoms with van der Waals surface area (Å²) in [6.07, 6.45) is 5.22. The largest absolute Gasteiger partial charge is 0.385 e. The Balaban J connectivity index is 2.54. The maximum Gasteiger partial charge on any atom is 0.0474 e. The molecule has 21 heavy (non-hydrogen) atoms. The molecule has 0 heterocycles. The highest BCUT2D eigenvalue weighted by atomic mass is 16.5. The Kier molecular flexibility index (Phi) is 8.22. The van der Waals surface area contributed by atoms with Crippen molar-refractivity contribution in [3.63, 3.8) is 0 Å². The highest BCUT2D eigenvalue weighted by Crippen LogP contribution is 2.40. The minimum absolute atomic E-state index is 0.448. The number of hydrogen-bond acceptors (Lipinski definition) is 3. The summed E-state index contributed by atoms with van der Waals surface area (Å²) < 4.78 is 5.16. The second-order valence-electron chi connectivity index (χ2n) is 7.91. The molecule has 0 radical (unpaired) electrons. The third kappa shape index (κ3) is 6.66. The summed E-state index contributed by atoms with van der Waals surface area (Å²) in [5.41, 5.74) is 0.448. The lowest BCUT2D eigenvalue weighted by Crippen LogP contribution is -2.47. The van der Waals surface area contributed by atoms with Gasteiger partial charge in [0.05, 0.1) is 0 Å². The summed E-state index contributed by atoms with van der Waals surface area (Å²) in [4.78, 5) is 2.50. The Morgan fingerprint density at radius 2 is 1.95 bits per heavy atom. The van der Waals surface area contributed by atoms with E-state index in [1.54, 1.807) is 7.11 Å². The quantitative estimate of drug-likeness (QED) is 0.695. The van der Waals surface area contributed by atoms with Crippen molar-refractivity contribution in [2.24, 2.45) is 17.3 Å². The van der Waals surface area contributed by atoms with E-state index >= 15 is 0 Å². The van der Waals surface area contributed by atoms with Crippen LogP contribution in [-0.4, -0.2) is 51.3 Å². The van der Waals surface area contributed by atoms with E-state index in [1.165, 1.54) is 25.8 Å². The molecule has 3 unspecified atom stereocenters. The Hall–Kier alpha value is -0.120. The summed E-state index contributed by atoms with van der Waals surface area (Å²) in [6.45, 7) is 13.8. The van der Waals surface area contributed by atoms with Gasteiger partial charge in [-0.2, -0.15) is 0 Å². The molecule has 0 aliphatic heterocycles. The van der Waals surface area contributed by atoms with Crippen LogP contribution in [0.1, 0.15) is 53.4 Å². The monoisotopic (exact) mass is 298 g/mol. The third-order valence-electron chi connectivity index (χ3n) is 5.11. The number of nitrogens with zero attached hydrogens (tertiary/aromatic N) is 1. The van der Waals surface area contributed by atoms with Crippen molar-refractivity contribution >= 4 is 0 Å². The van der Waals surface area contributed by atoms with Gasteiger partial charge in [-0.3, -0.25) is 0 Å². The smallest absolute Gasteiger partial charge is 0.0474 e. The fraction of sp³-hybridized carbons (Fsp3) is 1.00. The fourth-order valence-electron chi connectivity index (χ4n) is 3.75. The fourth-order valence-corrected chi connectivity index (χ4v) is 3.75. The van der Waals surface area contributed by atoms with E-state index in [2.05, 4.69) is 45.0 Å². The molecule has 1 aliphatic carbocycles. The molecule has 1 N–H and O–H groups in total. The standard InChI is InChI=1S/C18H38N2O/c1-7-19-17-10-9-16(18(2,3)4)13-15(17)14-20(5)11-8-12-21-6/h15-17,19H,7-14H2,1-6H3. The first kappa shape index (κ1) is 18.9. The molecule has 1 aliphatic rings. The van der Waals surface area contributed by atoms with Gasteiger partial charge in [-0.05, 0) is 56.5 Å². The van der Waals surface area contributed by atoms with Crippen LogP contribution in [0.4, 0.5) is 0 Å². The highest BCUT2D eigenvalue weighted by Gasteiger charge is 2.35. The molecule has 0 aromatic rings. The summed E-state index contributed by atoms with van der Waals surface area (Å²) in [7, 11) is 4.05. The number of hydrogen-bond donors (Lipinski definition) is 1. The van der Waals surface area contributed by atoms with Crippen LogP contribution in [0, 0.1) is 17.3 Å². The van der Waals surface area contributed by atoms with E-state index in [4.69, 9.17) is 4.74 Å². The van der Waals surface area contributed by atoms with E-state index in [-0.39, 0.29) is 0 Å². The normalized spacial score (nSPS) is 27.3. The molecule has 0 aromatic carbocycles. The van der Waals surface area contributed by atoms with Crippen molar-refractivity contribution in [3.8, 4) is 0 Å². The molecule has 0 aromatic heterocycles. The molecule has 3 nitrogen and oxygen atoms in total. The first-order valence-electron chi connectivity index (χ1n) is 8.79. The Morgan fingerprint density at radius 3 is 2.52 bits per heavy atom. The molecule has 0 bridgehead atoms. The predicted octanol–water partition coefficient (Wildman–Crippen LogP) is 3.40. The minimum Gasteiger partial charge on any atom is -0.385 e. The SMILES string of the molecule is CCNC1CCC(C(C)(C)C)CC1CN(C)CCCOC. The molecule has 0 saturated heterocycles. The van der Waals surface area contributed by atoms with Crippen molar-refractivity contribution in [1.82, 2.24) is 10.2 Å². The van der Waals surface area contributed by atoms with Crippen molar-refractivity contribution < 1.29 is 4.74 Å². The maximum absolute atomic E-state index is 5.16. The zero-order valence-corrected chi connectivity index (χ0v) is 15.2. The number of rotatable bonds is 8. The van der Waals surface area contributed by atoms with E-state index in [1.807, 2.05) is 0 Å². The van der Waals surface area contributed by atoms with Gasteiger partial charge in [0, 0.05) is 32.8 Å². The summed E-state index contributed by atoms with van der Waals surface area (Å²) in [6, 6.07) is 0.707. The van der Waals surface area contributed by atoms with Gasteiger partial charge in [0.1, 0.15) is 0 Å². The zero-order valence-electron chi connectivity index (χ0n) is 15.2. The molecule has 3 atom stereocenters. The summed E-state index contributed by atoms with van der Waals surface area (Å²) >= 11 is 0. The van der Waals surface area contributed by atoms with Crippen LogP contribution < -0.4 is 5.32 Å². The average molecular weight is 299 g/mol. The highest BCUT2D eigenvalue weighted by molar-refractivity contribution is 4.90. The van der Waals surface area contributed by atoms with Gasteiger partial charge in [-0.25, -0.2) is 0 Å². The van der Waals surface area contributed by atoms with E-state index < -0.39 is 0 Å². The number of nitrogens with one attached hydrogen (secondary N) is 1. The van der Waals surface area contributed by atoms with Gasteiger partial charge in [-0.1, -0.05) is 27.7 Å². The van der Waals surface area contributed by atoms with Crippen LogP contribution in [0.3, 0.4) is 0 Å². The molecular formula is C18H38N2O. The average Bonchev–Trinajstić information content (AvgIpc) is 2.40. The third-order valence-corrected chi connectivity index (χ3v) is 5.11. The van der Waals surface area contributed by atoms with E-state index in [0.29, 0.717) is 11.5 Å². The van der Waals surface area contributed by atoms with Gasteiger partial charge in [0.15, 0.2) is 0 Å². The van der Waals surface area contributed by atoms with Crippen LogP contribution in [0.25, 0.3) is 0 Å². The van der Waals surface area contributed by atoms with Crippen LogP contribution in [0.5, 0.6) is 0 Å². The number of ether oxygens (including phenoxy) is 1. The van der Waals surface area contributed by atoms with Gasteiger partial charge in [0.2, 0.25) is 0 Å². The van der Waals surface area contributed by atoms with Crippen molar-refractivity contribution in [2.45, 2.75) is 59.4 Å². The Morgan fingerprint density at radius 1 is 1.24 bits per heavy atom. The zero-order chi connectivity index (χ0) is 15.9. The molecular weight excluding hydrogens is 260 g/mol. The Bertz CT molecular complexity index is 275. The predicted molar refractivity (Wildman–Crippen MR) is 91.7 cm³/mol. The van der Waals surface area contributed by atoms with Gasteiger partial charge in [-0.15, -0.1) is 0 Å². The molecule has 1 fully saturated rings. The molecule has 0 spiro atoms. The maximum atomic E-state index is 5.16. The minimum atomic E-state index is 0.448. The molecule has 1 rings (SSSR count). The van der Waals surface area contributed by atoms with Crippen LogP contribution in [-0.2, 0) is 4.74 Å².